The number of carboxylic acids is 1. The van der Waals surface area contributed by atoms with Gasteiger partial charge >= 0.3 is 11.9 Å². The summed E-state index contributed by atoms with van der Waals surface area (Å²) in [5.74, 6) is -1.31. The number of aliphatic carboxylic acids is 1. The van der Waals surface area contributed by atoms with Crippen molar-refractivity contribution in [1.82, 2.24) is 4.90 Å². The number of carbonyl (C=O) groups excluding carboxylic acids is 1. The highest BCUT2D eigenvalue weighted by Gasteiger charge is 2.38. The molecule has 5 nitrogen and oxygen atoms in total. The summed E-state index contributed by atoms with van der Waals surface area (Å²) >= 11 is 0. The Morgan fingerprint density at radius 2 is 1.93 bits per heavy atom. The first-order valence-corrected chi connectivity index (χ1v) is 9.55. The van der Waals surface area contributed by atoms with E-state index < -0.39 is 11.4 Å². The number of benzene rings is 1. The van der Waals surface area contributed by atoms with Crippen LogP contribution in [0.5, 0.6) is 0 Å². The Labute approximate surface area is 160 Å². The lowest BCUT2D eigenvalue weighted by molar-refractivity contribution is -0.160. The molecule has 0 amide bonds. The Morgan fingerprint density at radius 3 is 2.59 bits per heavy atom. The van der Waals surface area contributed by atoms with E-state index in [2.05, 4.69) is 29.2 Å². The zero-order valence-corrected chi connectivity index (χ0v) is 15.8. The van der Waals surface area contributed by atoms with E-state index in [1.165, 1.54) is 5.56 Å². The fourth-order valence-electron chi connectivity index (χ4n) is 3.65. The zero-order chi connectivity index (χ0) is 19.3. The van der Waals surface area contributed by atoms with Crippen molar-refractivity contribution in [2.24, 2.45) is 5.41 Å². The van der Waals surface area contributed by atoms with Crippen LogP contribution in [0.1, 0.15) is 31.7 Å². The predicted molar refractivity (Wildman–Crippen MR) is 103 cm³/mol. The van der Waals surface area contributed by atoms with Crippen molar-refractivity contribution in [2.45, 2.75) is 38.7 Å². The van der Waals surface area contributed by atoms with Crippen molar-refractivity contribution in [2.75, 3.05) is 19.6 Å². The number of likely N-dealkylation sites (tertiary alicyclic amines) is 1. The van der Waals surface area contributed by atoms with Gasteiger partial charge in [0.15, 0.2) is 0 Å². The van der Waals surface area contributed by atoms with Crippen molar-refractivity contribution in [3.05, 3.63) is 59.7 Å². The molecule has 1 unspecified atom stereocenters. The number of rotatable bonds is 6. The molecule has 27 heavy (non-hydrogen) atoms. The minimum atomic E-state index is -0.981. The van der Waals surface area contributed by atoms with Crippen LogP contribution in [0.25, 0.3) is 0 Å². The molecule has 1 aromatic rings. The van der Waals surface area contributed by atoms with Gasteiger partial charge in [-0.15, -0.1) is 0 Å². The molecule has 1 fully saturated rings. The van der Waals surface area contributed by atoms with Crippen molar-refractivity contribution < 1.29 is 19.4 Å². The number of nitrogens with zero attached hydrogens (tertiary/aromatic N) is 1. The number of carbonyl (C=O) groups is 2. The van der Waals surface area contributed by atoms with E-state index in [1.807, 2.05) is 6.07 Å². The molecule has 0 bridgehead atoms. The largest absolute Gasteiger partial charge is 0.478 e. The van der Waals surface area contributed by atoms with Gasteiger partial charge in [0, 0.05) is 25.2 Å². The van der Waals surface area contributed by atoms with E-state index in [1.54, 1.807) is 25.2 Å². The van der Waals surface area contributed by atoms with Crippen LogP contribution in [-0.2, 0) is 20.7 Å². The number of ether oxygens (including phenoxy) is 1. The molecule has 1 aliphatic carbocycles. The molecule has 0 spiro atoms. The lowest BCUT2D eigenvalue weighted by atomic mass is 9.80. The summed E-state index contributed by atoms with van der Waals surface area (Å²) in [5, 5.41) is 9.18. The van der Waals surface area contributed by atoms with Crippen LogP contribution in [0.15, 0.2) is 54.1 Å². The van der Waals surface area contributed by atoms with Crippen molar-refractivity contribution >= 4 is 11.9 Å². The molecular weight excluding hydrogens is 342 g/mol. The van der Waals surface area contributed by atoms with Gasteiger partial charge in [0.1, 0.15) is 6.10 Å². The van der Waals surface area contributed by atoms with Gasteiger partial charge < -0.3 is 14.7 Å². The lowest BCUT2D eigenvalue weighted by Gasteiger charge is -2.34. The molecule has 0 saturated carbocycles. The number of hydrogen-bond donors (Lipinski definition) is 1. The second-order valence-corrected chi connectivity index (χ2v) is 7.63. The average molecular weight is 369 g/mol. The minimum absolute atomic E-state index is 0.0881. The van der Waals surface area contributed by atoms with Gasteiger partial charge in [0.2, 0.25) is 0 Å². The molecule has 1 N–H and O–H groups in total. The highest BCUT2D eigenvalue weighted by molar-refractivity contribution is 5.90. The van der Waals surface area contributed by atoms with E-state index in [0.29, 0.717) is 0 Å². The van der Waals surface area contributed by atoms with Crippen LogP contribution in [0.2, 0.25) is 0 Å². The van der Waals surface area contributed by atoms with Gasteiger partial charge in [-0.25, -0.2) is 4.79 Å². The second kappa shape index (κ2) is 8.53. The highest BCUT2D eigenvalue weighted by Crippen LogP contribution is 2.33. The number of piperidine rings is 1. The Balaban J connectivity index is 1.45. The molecule has 3 rings (SSSR count). The summed E-state index contributed by atoms with van der Waals surface area (Å²) in [6.07, 6.45) is 7.69. The van der Waals surface area contributed by atoms with Crippen LogP contribution in [-0.4, -0.2) is 47.7 Å². The molecule has 1 heterocycles. The fourth-order valence-corrected chi connectivity index (χ4v) is 3.65. The molecule has 1 aliphatic heterocycles. The van der Waals surface area contributed by atoms with Gasteiger partial charge in [0.05, 0.1) is 5.41 Å². The molecule has 144 valence electrons. The van der Waals surface area contributed by atoms with Gasteiger partial charge in [0.25, 0.3) is 0 Å². The Morgan fingerprint density at radius 1 is 1.22 bits per heavy atom. The van der Waals surface area contributed by atoms with Crippen molar-refractivity contribution in [3.8, 4) is 0 Å². The fraction of sp³-hybridized carbons (Fsp3) is 0.455. The summed E-state index contributed by atoms with van der Waals surface area (Å²) in [6.45, 7) is 4.59. The molecule has 0 aromatic heterocycles. The van der Waals surface area contributed by atoms with Crippen molar-refractivity contribution in [1.29, 1.82) is 0 Å². The quantitative estimate of drug-likeness (QED) is 0.780. The number of hydrogen-bond acceptors (Lipinski definition) is 4. The maximum Gasteiger partial charge on any atom is 0.331 e. The van der Waals surface area contributed by atoms with Gasteiger partial charge in [-0.2, -0.15) is 0 Å². The summed E-state index contributed by atoms with van der Waals surface area (Å²) in [5.41, 5.74) is 0.686. The molecule has 1 atom stereocenters. The van der Waals surface area contributed by atoms with Crippen LogP contribution < -0.4 is 0 Å². The van der Waals surface area contributed by atoms with Crippen LogP contribution in [0, 0.1) is 5.41 Å². The van der Waals surface area contributed by atoms with Crippen LogP contribution in [0.3, 0.4) is 0 Å². The maximum absolute atomic E-state index is 12.6. The monoisotopic (exact) mass is 369 g/mol. The zero-order valence-electron chi connectivity index (χ0n) is 15.8. The van der Waals surface area contributed by atoms with E-state index in [4.69, 9.17) is 4.74 Å². The third-order valence-electron chi connectivity index (χ3n) is 5.43. The third kappa shape index (κ3) is 5.07. The maximum atomic E-state index is 12.6. The van der Waals surface area contributed by atoms with Gasteiger partial charge in [-0.05, 0) is 38.2 Å². The van der Waals surface area contributed by atoms with Crippen LogP contribution in [0.4, 0.5) is 0 Å². The topological polar surface area (TPSA) is 66.8 Å². The summed E-state index contributed by atoms with van der Waals surface area (Å²) < 4.78 is 5.74. The van der Waals surface area contributed by atoms with E-state index in [-0.39, 0.29) is 24.1 Å². The predicted octanol–water partition coefficient (Wildman–Crippen LogP) is 3.21. The Kier molecular flexibility index (Phi) is 6.11. The number of esters is 1. The minimum Gasteiger partial charge on any atom is -0.478 e. The van der Waals surface area contributed by atoms with Crippen molar-refractivity contribution in [3.63, 3.8) is 0 Å². The van der Waals surface area contributed by atoms with E-state index in [0.717, 1.165) is 38.9 Å². The molecule has 1 aromatic carbocycles. The summed E-state index contributed by atoms with van der Waals surface area (Å²) in [4.78, 5) is 26.2. The average Bonchev–Trinajstić information content (AvgIpc) is 2.68. The van der Waals surface area contributed by atoms with E-state index >= 15 is 0 Å². The SMILES string of the molecule is CC1(C(=O)OC2CCN(CCc3ccccc3)CC2)C=CC=C(C(=O)O)C1. The normalized spacial score (nSPS) is 23.7. The first-order chi connectivity index (χ1) is 13.0. The first kappa shape index (κ1) is 19.4. The summed E-state index contributed by atoms with van der Waals surface area (Å²) in [7, 11) is 0. The molecule has 5 heteroatoms. The van der Waals surface area contributed by atoms with Gasteiger partial charge in [-0.1, -0.05) is 48.6 Å². The molecule has 2 aliphatic rings. The first-order valence-electron chi connectivity index (χ1n) is 9.55. The Bertz CT molecular complexity index is 732. The summed E-state index contributed by atoms with van der Waals surface area (Å²) in [6, 6.07) is 10.4. The van der Waals surface area contributed by atoms with Gasteiger partial charge in [-0.3, -0.25) is 4.79 Å². The number of carboxylic acid groups (broad SMARTS) is 1. The molecule has 1 saturated heterocycles. The smallest absolute Gasteiger partial charge is 0.331 e. The number of allylic oxidation sites excluding steroid dienone is 2. The van der Waals surface area contributed by atoms with Crippen LogP contribution >= 0.6 is 0 Å². The van der Waals surface area contributed by atoms with E-state index in [9.17, 15) is 14.7 Å². The standard InChI is InChI=1S/C22H27NO4/c1-22(12-5-8-18(16-22)20(24)25)21(26)27-19-10-14-23(15-11-19)13-9-17-6-3-2-4-7-17/h2-8,12,19H,9-11,13-16H2,1H3,(H,24,25). The molecule has 0 radical (unpaired) electrons. The lowest BCUT2D eigenvalue weighted by Crippen LogP contribution is -2.41. The Hall–Kier alpha value is -2.40. The highest BCUT2D eigenvalue weighted by atomic mass is 16.5. The third-order valence-corrected chi connectivity index (χ3v) is 5.43. The molecular formula is C22H27NO4. The second-order valence-electron chi connectivity index (χ2n) is 7.63.